The van der Waals surface area contributed by atoms with Crippen molar-refractivity contribution < 1.29 is 4.74 Å². The number of hydrogen-bond acceptors (Lipinski definition) is 2. The van der Waals surface area contributed by atoms with E-state index in [0.717, 1.165) is 25.8 Å². The number of benzene rings is 1. The molecule has 21 heavy (non-hydrogen) atoms. The lowest BCUT2D eigenvalue weighted by atomic mass is 10.1. The highest BCUT2D eigenvalue weighted by atomic mass is 16.5. The molecule has 0 saturated heterocycles. The van der Waals surface area contributed by atoms with Gasteiger partial charge in [-0.3, -0.25) is 0 Å². The van der Waals surface area contributed by atoms with Crippen LogP contribution < -0.4 is 5.32 Å². The van der Waals surface area contributed by atoms with Crippen LogP contribution in [-0.4, -0.2) is 12.6 Å². The third-order valence-electron chi connectivity index (χ3n) is 4.07. The van der Waals surface area contributed by atoms with E-state index in [4.69, 9.17) is 4.74 Å². The van der Waals surface area contributed by atoms with Crippen LogP contribution in [0.4, 0.5) is 0 Å². The van der Waals surface area contributed by atoms with Gasteiger partial charge in [-0.1, -0.05) is 63.3 Å². The lowest BCUT2D eigenvalue weighted by Crippen LogP contribution is -2.15. The smallest absolute Gasteiger partial charge is 0.0716 e. The van der Waals surface area contributed by atoms with Crippen molar-refractivity contribution in [2.24, 2.45) is 0 Å². The lowest BCUT2D eigenvalue weighted by Gasteiger charge is -2.07. The summed E-state index contributed by atoms with van der Waals surface area (Å²) in [6.45, 7) is 4.91. The fraction of sp³-hybridized carbons (Fsp3) is 0.684. The molecular formula is C19H31NO. The molecule has 0 spiro atoms. The topological polar surface area (TPSA) is 21.3 Å². The summed E-state index contributed by atoms with van der Waals surface area (Å²) in [5.74, 6) is 0. The third-order valence-corrected chi connectivity index (χ3v) is 4.07. The maximum absolute atomic E-state index is 5.80. The van der Waals surface area contributed by atoms with Crippen molar-refractivity contribution in [3.8, 4) is 0 Å². The van der Waals surface area contributed by atoms with Gasteiger partial charge in [0.05, 0.1) is 6.61 Å². The zero-order valence-corrected chi connectivity index (χ0v) is 13.6. The highest BCUT2D eigenvalue weighted by molar-refractivity contribution is 5.23. The molecule has 1 aromatic carbocycles. The highest BCUT2D eigenvalue weighted by Gasteiger charge is 2.19. The standard InChI is InChI=1S/C19H31NO/c1-2-3-4-5-6-7-13-21-16-18-10-8-9-17(14-18)15-20-19-11-12-19/h8-10,14,19-20H,2-7,11-13,15-16H2,1H3. The molecule has 0 atom stereocenters. The predicted molar refractivity (Wildman–Crippen MR) is 89.3 cm³/mol. The largest absolute Gasteiger partial charge is 0.377 e. The molecule has 2 heteroatoms. The first-order chi connectivity index (χ1) is 10.4. The Hall–Kier alpha value is -0.860. The van der Waals surface area contributed by atoms with Gasteiger partial charge >= 0.3 is 0 Å². The van der Waals surface area contributed by atoms with Gasteiger partial charge in [-0.15, -0.1) is 0 Å². The zero-order chi connectivity index (χ0) is 14.8. The van der Waals surface area contributed by atoms with Crippen molar-refractivity contribution in [2.45, 2.75) is 77.5 Å². The Morgan fingerprint density at radius 3 is 2.62 bits per heavy atom. The fourth-order valence-corrected chi connectivity index (χ4v) is 2.55. The molecular weight excluding hydrogens is 258 g/mol. The van der Waals surface area contributed by atoms with E-state index >= 15 is 0 Å². The van der Waals surface area contributed by atoms with Crippen molar-refractivity contribution in [3.05, 3.63) is 35.4 Å². The maximum atomic E-state index is 5.80. The van der Waals surface area contributed by atoms with Gasteiger partial charge in [0.1, 0.15) is 0 Å². The maximum Gasteiger partial charge on any atom is 0.0716 e. The second kappa shape index (κ2) is 9.97. The van der Waals surface area contributed by atoms with Crippen LogP contribution in [0.1, 0.15) is 69.4 Å². The molecule has 1 aliphatic rings. The Labute approximate surface area is 130 Å². The summed E-state index contributed by atoms with van der Waals surface area (Å²) in [4.78, 5) is 0. The van der Waals surface area contributed by atoms with Gasteiger partial charge in [0.25, 0.3) is 0 Å². The fourth-order valence-electron chi connectivity index (χ4n) is 2.55. The lowest BCUT2D eigenvalue weighted by molar-refractivity contribution is 0.116. The van der Waals surface area contributed by atoms with Crippen LogP contribution in [0, 0.1) is 0 Å². The molecule has 1 aliphatic carbocycles. The Morgan fingerprint density at radius 1 is 1.05 bits per heavy atom. The van der Waals surface area contributed by atoms with Crippen molar-refractivity contribution in [1.29, 1.82) is 0 Å². The van der Waals surface area contributed by atoms with Gasteiger partial charge in [-0.25, -0.2) is 0 Å². The van der Waals surface area contributed by atoms with E-state index in [-0.39, 0.29) is 0 Å². The monoisotopic (exact) mass is 289 g/mol. The summed E-state index contributed by atoms with van der Waals surface area (Å²) in [5, 5.41) is 3.56. The van der Waals surface area contributed by atoms with Gasteiger partial charge in [-0.05, 0) is 30.4 Å². The summed E-state index contributed by atoms with van der Waals surface area (Å²) in [7, 11) is 0. The van der Waals surface area contributed by atoms with E-state index in [1.54, 1.807) is 0 Å². The van der Waals surface area contributed by atoms with Gasteiger partial charge < -0.3 is 10.1 Å². The first-order valence-electron chi connectivity index (χ1n) is 8.77. The van der Waals surface area contributed by atoms with Crippen molar-refractivity contribution in [1.82, 2.24) is 5.32 Å². The summed E-state index contributed by atoms with van der Waals surface area (Å²) < 4.78 is 5.80. The molecule has 0 heterocycles. The van der Waals surface area contributed by atoms with E-state index in [2.05, 4.69) is 36.5 Å². The van der Waals surface area contributed by atoms with Crippen LogP contribution in [-0.2, 0) is 17.9 Å². The normalized spacial score (nSPS) is 14.5. The summed E-state index contributed by atoms with van der Waals surface area (Å²) >= 11 is 0. The molecule has 0 aromatic heterocycles. The Kier molecular flexibility index (Phi) is 7.83. The van der Waals surface area contributed by atoms with Gasteiger partial charge in [-0.2, -0.15) is 0 Å². The summed E-state index contributed by atoms with van der Waals surface area (Å²) in [6, 6.07) is 9.57. The quantitative estimate of drug-likeness (QED) is 0.557. The molecule has 0 bridgehead atoms. The molecule has 0 radical (unpaired) electrons. The number of nitrogens with one attached hydrogen (secondary N) is 1. The van der Waals surface area contributed by atoms with Crippen LogP contribution in [0.15, 0.2) is 24.3 Å². The first-order valence-corrected chi connectivity index (χ1v) is 8.77. The Balaban J connectivity index is 1.54. The molecule has 0 aliphatic heterocycles. The second-order valence-electron chi connectivity index (χ2n) is 6.30. The molecule has 2 rings (SSSR count). The molecule has 1 aromatic rings. The van der Waals surface area contributed by atoms with Crippen molar-refractivity contribution >= 4 is 0 Å². The zero-order valence-electron chi connectivity index (χ0n) is 13.6. The molecule has 0 unspecified atom stereocenters. The Bertz CT molecular complexity index is 387. The van der Waals surface area contributed by atoms with E-state index in [0.29, 0.717) is 0 Å². The van der Waals surface area contributed by atoms with E-state index in [1.807, 2.05) is 0 Å². The minimum Gasteiger partial charge on any atom is -0.377 e. The SMILES string of the molecule is CCCCCCCCOCc1cccc(CNC2CC2)c1. The minimum atomic E-state index is 0.756. The first kappa shape index (κ1) is 16.5. The van der Waals surface area contributed by atoms with E-state index < -0.39 is 0 Å². The van der Waals surface area contributed by atoms with Gasteiger partial charge in [0.2, 0.25) is 0 Å². The predicted octanol–water partition coefficient (Wildman–Crippen LogP) is 4.82. The highest BCUT2D eigenvalue weighted by Crippen LogP contribution is 2.19. The average molecular weight is 289 g/mol. The van der Waals surface area contributed by atoms with E-state index in [1.165, 1.54) is 62.5 Å². The second-order valence-corrected chi connectivity index (χ2v) is 6.30. The summed E-state index contributed by atoms with van der Waals surface area (Å²) in [5.41, 5.74) is 2.68. The molecule has 2 nitrogen and oxygen atoms in total. The average Bonchev–Trinajstić information content (AvgIpc) is 3.33. The van der Waals surface area contributed by atoms with Crippen molar-refractivity contribution in [2.75, 3.05) is 6.61 Å². The number of unbranched alkanes of at least 4 members (excludes halogenated alkanes) is 5. The molecule has 0 amide bonds. The van der Waals surface area contributed by atoms with Gasteiger partial charge in [0, 0.05) is 19.2 Å². The van der Waals surface area contributed by atoms with Crippen LogP contribution in [0.25, 0.3) is 0 Å². The van der Waals surface area contributed by atoms with Crippen molar-refractivity contribution in [3.63, 3.8) is 0 Å². The molecule has 1 saturated carbocycles. The number of rotatable bonds is 12. The Morgan fingerprint density at radius 2 is 1.81 bits per heavy atom. The minimum absolute atomic E-state index is 0.756. The van der Waals surface area contributed by atoms with Crippen LogP contribution in [0.3, 0.4) is 0 Å². The molecule has 118 valence electrons. The number of ether oxygens (including phenoxy) is 1. The summed E-state index contributed by atoms with van der Waals surface area (Å²) in [6.07, 6.45) is 10.6. The van der Waals surface area contributed by atoms with E-state index in [9.17, 15) is 0 Å². The molecule has 1 N–H and O–H groups in total. The van der Waals surface area contributed by atoms with Crippen LogP contribution in [0.5, 0.6) is 0 Å². The number of hydrogen-bond donors (Lipinski definition) is 1. The molecule has 1 fully saturated rings. The third kappa shape index (κ3) is 7.63. The van der Waals surface area contributed by atoms with Crippen LogP contribution in [0.2, 0.25) is 0 Å². The van der Waals surface area contributed by atoms with Gasteiger partial charge in [0.15, 0.2) is 0 Å². The van der Waals surface area contributed by atoms with Crippen LogP contribution >= 0.6 is 0 Å².